The van der Waals surface area contributed by atoms with E-state index in [1.165, 1.54) is 0 Å². The lowest BCUT2D eigenvalue weighted by atomic mass is 10.2. The summed E-state index contributed by atoms with van der Waals surface area (Å²) in [6, 6.07) is 3.91. The van der Waals surface area contributed by atoms with Crippen molar-refractivity contribution in [1.29, 1.82) is 0 Å². The van der Waals surface area contributed by atoms with Crippen LogP contribution in [0.15, 0.2) is 24.5 Å². The van der Waals surface area contributed by atoms with Crippen LogP contribution in [0.2, 0.25) is 0 Å². The van der Waals surface area contributed by atoms with Crippen molar-refractivity contribution >= 4 is 0 Å². The zero-order chi connectivity index (χ0) is 9.31. The molecule has 0 amide bonds. The SMILES string of the molecule is CC1(C)OCC(c2cccnc2)O1. The van der Waals surface area contributed by atoms with Crippen molar-refractivity contribution in [1.82, 2.24) is 4.98 Å². The molecule has 1 aliphatic rings. The first-order chi connectivity index (χ1) is 6.17. The molecule has 0 aromatic carbocycles. The van der Waals surface area contributed by atoms with Crippen molar-refractivity contribution < 1.29 is 9.47 Å². The molecule has 3 heteroatoms. The molecule has 1 aromatic rings. The zero-order valence-corrected chi connectivity index (χ0v) is 7.86. The topological polar surface area (TPSA) is 31.4 Å². The maximum atomic E-state index is 5.67. The number of pyridine rings is 1. The summed E-state index contributed by atoms with van der Waals surface area (Å²) < 4.78 is 11.1. The zero-order valence-electron chi connectivity index (χ0n) is 7.86. The normalized spacial score (nSPS) is 26.2. The molecule has 1 aromatic heterocycles. The van der Waals surface area contributed by atoms with Crippen molar-refractivity contribution in [2.24, 2.45) is 0 Å². The fraction of sp³-hybridized carbons (Fsp3) is 0.500. The second-order valence-electron chi connectivity index (χ2n) is 3.60. The Hall–Kier alpha value is -0.930. The van der Waals surface area contributed by atoms with Gasteiger partial charge in [0.1, 0.15) is 6.10 Å². The van der Waals surface area contributed by atoms with Crippen molar-refractivity contribution in [3.05, 3.63) is 30.1 Å². The van der Waals surface area contributed by atoms with Crippen LogP contribution >= 0.6 is 0 Å². The Morgan fingerprint density at radius 3 is 2.92 bits per heavy atom. The molecule has 0 saturated carbocycles. The Balaban J connectivity index is 2.13. The minimum Gasteiger partial charge on any atom is -0.347 e. The summed E-state index contributed by atoms with van der Waals surface area (Å²) >= 11 is 0. The minimum atomic E-state index is -0.458. The largest absolute Gasteiger partial charge is 0.347 e. The Labute approximate surface area is 77.7 Å². The second-order valence-corrected chi connectivity index (χ2v) is 3.60. The Bertz CT molecular complexity index is 284. The van der Waals surface area contributed by atoms with Gasteiger partial charge in [-0.05, 0) is 19.9 Å². The van der Waals surface area contributed by atoms with Gasteiger partial charge in [-0.15, -0.1) is 0 Å². The highest BCUT2D eigenvalue weighted by Gasteiger charge is 2.33. The third kappa shape index (κ3) is 1.87. The van der Waals surface area contributed by atoms with Crippen molar-refractivity contribution in [2.75, 3.05) is 6.61 Å². The molecule has 1 fully saturated rings. The molecule has 70 valence electrons. The molecule has 13 heavy (non-hydrogen) atoms. The van der Waals surface area contributed by atoms with Crippen LogP contribution in [0.3, 0.4) is 0 Å². The van der Waals surface area contributed by atoms with Gasteiger partial charge in [-0.25, -0.2) is 0 Å². The predicted octanol–water partition coefficient (Wildman–Crippen LogP) is 1.91. The van der Waals surface area contributed by atoms with Gasteiger partial charge < -0.3 is 9.47 Å². The van der Waals surface area contributed by atoms with Crippen LogP contribution in [0.4, 0.5) is 0 Å². The number of hydrogen-bond donors (Lipinski definition) is 0. The molecule has 1 aliphatic heterocycles. The van der Waals surface area contributed by atoms with Gasteiger partial charge in [0, 0.05) is 18.0 Å². The molecule has 1 atom stereocenters. The smallest absolute Gasteiger partial charge is 0.163 e. The van der Waals surface area contributed by atoms with Crippen LogP contribution in [0.1, 0.15) is 25.5 Å². The second kappa shape index (κ2) is 3.09. The summed E-state index contributed by atoms with van der Waals surface area (Å²) in [6.07, 6.45) is 3.60. The molecule has 2 rings (SSSR count). The molecule has 1 saturated heterocycles. The third-order valence-electron chi connectivity index (χ3n) is 2.06. The first-order valence-electron chi connectivity index (χ1n) is 4.39. The number of ether oxygens (including phenoxy) is 2. The molecule has 0 spiro atoms. The van der Waals surface area contributed by atoms with E-state index in [9.17, 15) is 0 Å². The summed E-state index contributed by atoms with van der Waals surface area (Å²) in [4.78, 5) is 4.04. The predicted molar refractivity (Wildman–Crippen MR) is 48.1 cm³/mol. The quantitative estimate of drug-likeness (QED) is 0.659. The lowest BCUT2D eigenvalue weighted by molar-refractivity contribution is -0.139. The van der Waals surface area contributed by atoms with E-state index in [0.717, 1.165) is 5.56 Å². The van der Waals surface area contributed by atoms with Gasteiger partial charge >= 0.3 is 0 Å². The molecule has 0 bridgehead atoms. The number of aromatic nitrogens is 1. The van der Waals surface area contributed by atoms with Crippen LogP contribution in [-0.4, -0.2) is 17.4 Å². The third-order valence-corrected chi connectivity index (χ3v) is 2.06. The van der Waals surface area contributed by atoms with Crippen LogP contribution in [-0.2, 0) is 9.47 Å². The average molecular weight is 179 g/mol. The van der Waals surface area contributed by atoms with Gasteiger partial charge in [0.25, 0.3) is 0 Å². The van der Waals surface area contributed by atoms with Crippen LogP contribution < -0.4 is 0 Å². The van der Waals surface area contributed by atoms with Crippen LogP contribution in [0, 0.1) is 0 Å². The highest BCUT2D eigenvalue weighted by Crippen LogP contribution is 2.31. The lowest BCUT2D eigenvalue weighted by Gasteiger charge is -2.16. The lowest BCUT2D eigenvalue weighted by Crippen LogP contribution is -2.19. The Morgan fingerprint density at radius 1 is 1.54 bits per heavy atom. The maximum Gasteiger partial charge on any atom is 0.163 e. The minimum absolute atomic E-state index is 0.0312. The number of rotatable bonds is 1. The van der Waals surface area contributed by atoms with E-state index in [1.54, 1.807) is 6.20 Å². The summed E-state index contributed by atoms with van der Waals surface area (Å²) in [7, 11) is 0. The van der Waals surface area contributed by atoms with Crippen LogP contribution in [0.25, 0.3) is 0 Å². The number of hydrogen-bond acceptors (Lipinski definition) is 3. The summed E-state index contributed by atoms with van der Waals surface area (Å²) in [5, 5.41) is 0. The molecule has 0 N–H and O–H groups in total. The van der Waals surface area contributed by atoms with Gasteiger partial charge in [-0.1, -0.05) is 6.07 Å². The van der Waals surface area contributed by atoms with E-state index in [-0.39, 0.29) is 6.10 Å². The molecule has 2 heterocycles. The van der Waals surface area contributed by atoms with E-state index in [0.29, 0.717) is 6.61 Å². The fourth-order valence-electron chi connectivity index (χ4n) is 1.42. The first-order valence-corrected chi connectivity index (χ1v) is 4.39. The van der Waals surface area contributed by atoms with E-state index in [1.807, 2.05) is 32.2 Å². The highest BCUT2D eigenvalue weighted by atomic mass is 16.7. The standard InChI is InChI=1S/C10H13NO2/c1-10(2)12-7-9(13-10)8-4-3-5-11-6-8/h3-6,9H,7H2,1-2H3. The van der Waals surface area contributed by atoms with Gasteiger partial charge in [-0.2, -0.15) is 0 Å². The fourth-order valence-corrected chi connectivity index (χ4v) is 1.42. The van der Waals surface area contributed by atoms with Gasteiger partial charge in [0.15, 0.2) is 5.79 Å². The number of nitrogens with zero attached hydrogens (tertiary/aromatic N) is 1. The molecular weight excluding hydrogens is 166 g/mol. The maximum absolute atomic E-state index is 5.67. The van der Waals surface area contributed by atoms with E-state index in [4.69, 9.17) is 9.47 Å². The van der Waals surface area contributed by atoms with E-state index in [2.05, 4.69) is 4.98 Å². The molecule has 1 unspecified atom stereocenters. The molecule has 0 aliphatic carbocycles. The van der Waals surface area contributed by atoms with Gasteiger partial charge in [0.2, 0.25) is 0 Å². The van der Waals surface area contributed by atoms with Crippen LogP contribution in [0.5, 0.6) is 0 Å². The summed E-state index contributed by atoms with van der Waals surface area (Å²) in [5.41, 5.74) is 1.08. The average Bonchev–Trinajstić information content (AvgIpc) is 2.48. The highest BCUT2D eigenvalue weighted by molar-refractivity contribution is 5.13. The molecule has 3 nitrogen and oxygen atoms in total. The van der Waals surface area contributed by atoms with Crippen molar-refractivity contribution in [2.45, 2.75) is 25.7 Å². The summed E-state index contributed by atoms with van der Waals surface area (Å²) in [6.45, 7) is 4.45. The van der Waals surface area contributed by atoms with Gasteiger partial charge in [-0.3, -0.25) is 4.98 Å². The molecule has 0 radical (unpaired) electrons. The molecular formula is C10H13NO2. The Morgan fingerprint density at radius 2 is 2.38 bits per heavy atom. The van der Waals surface area contributed by atoms with Gasteiger partial charge in [0.05, 0.1) is 6.61 Å². The van der Waals surface area contributed by atoms with E-state index < -0.39 is 5.79 Å². The summed E-state index contributed by atoms with van der Waals surface area (Å²) in [5.74, 6) is -0.458. The Kier molecular flexibility index (Phi) is 2.06. The van der Waals surface area contributed by atoms with E-state index >= 15 is 0 Å². The van der Waals surface area contributed by atoms with Crippen molar-refractivity contribution in [3.8, 4) is 0 Å². The van der Waals surface area contributed by atoms with Crippen molar-refractivity contribution in [3.63, 3.8) is 0 Å². The monoisotopic (exact) mass is 179 g/mol. The first kappa shape index (κ1) is 8.66.